The van der Waals surface area contributed by atoms with E-state index < -0.39 is 0 Å². The highest BCUT2D eigenvalue weighted by molar-refractivity contribution is 5.95. The third kappa shape index (κ3) is 4.44. The molecular formula is C29H32N8O2. The molecule has 2 aromatic heterocycles. The number of piperazine rings is 1. The predicted octanol–water partition coefficient (Wildman–Crippen LogP) is 2.23. The molecule has 1 aromatic carbocycles. The maximum Gasteiger partial charge on any atom is 0.224 e. The lowest BCUT2D eigenvalue weighted by atomic mass is 10.0. The molecule has 3 aliphatic heterocycles. The molecule has 2 fully saturated rings. The molecule has 4 aliphatic rings. The van der Waals surface area contributed by atoms with Crippen LogP contribution in [0.3, 0.4) is 0 Å². The average Bonchev–Trinajstić information content (AvgIpc) is 3.67. The predicted molar refractivity (Wildman–Crippen MR) is 150 cm³/mol. The van der Waals surface area contributed by atoms with E-state index >= 15 is 0 Å². The third-order valence-corrected chi connectivity index (χ3v) is 8.14. The molecule has 0 spiro atoms. The van der Waals surface area contributed by atoms with E-state index in [1.165, 1.54) is 25.1 Å². The Kier molecular flexibility index (Phi) is 6.04. The standard InChI is InChI=1S/C29H32N8O2/c1-38-24-12-19(13-25(15-24)39-2)26-14-20-16-30-29(33-27(20)37-18-31-34-28(26)37)32-21-5-7-22(8-6-21)36-11-10-35-9-3-4-23(35)17-36/h5-8,12,14-15,18,23H,3-4,9-11,13,16-17H2,1-2H3,(H,30,32)/t23-/m1/s1. The largest absolute Gasteiger partial charge is 0.501 e. The fourth-order valence-corrected chi connectivity index (χ4v) is 6.07. The number of nitrogens with one attached hydrogen (secondary N) is 1. The van der Waals surface area contributed by atoms with Crippen molar-refractivity contribution in [2.75, 3.05) is 50.6 Å². The molecule has 2 saturated heterocycles. The molecule has 0 radical (unpaired) electrons. The molecule has 1 N–H and O–H groups in total. The average molecular weight is 525 g/mol. The number of benzene rings is 1. The number of anilines is 2. The van der Waals surface area contributed by atoms with E-state index in [0.29, 0.717) is 25.0 Å². The highest BCUT2D eigenvalue weighted by atomic mass is 16.5. The quantitative estimate of drug-likeness (QED) is 0.560. The number of aromatic nitrogens is 3. The van der Waals surface area contributed by atoms with Crippen LogP contribution in [0.25, 0.3) is 11.2 Å². The highest BCUT2D eigenvalue weighted by Crippen LogP contribution is 2.27. The van der Waals surface area contributed by atoms with Crippen molar-refractivity contribution in [1.82, 2.24) is 19.5 Å². The van der Waals surface area contributed by atoms with Gasteiger partial charge in [0.2, 0.25) is 5.96 Å². The molecule has 5 heterocycles. The van der Waals surface area contributed by atoms with Crippen molar-refractivity contribution in [2.45, 2.75) is 31.8 Å². The van der Waals surface area contributed by atoms with Gasteiger partial charge in [-0.1, -0.05) is 0 Å². The van der Waals surface area contributed by atoms with Crippen LogP contribution in [-0.2, 0) is 16.0 Å². The summed E-state index contributed by atoms with van der Waals surface area (Å²) >= 11 is 0. The van der Waals surface area contributed by atoms with Gasteiger partial charge in [0, 0.05) is 60.3 Å². The summed E-state index contributed by atoms with van der Waals surface area (Å²) in [6.07, 6.45) is 8.92. The number of ether oxygens (including phenoxy) is 2. The zero-order valence-electron chi connectivity index (χ0n) is 22.3. The number of hydrogen-bond donors (Lipinski definition) is 1. The molecule has 0 bridgehead atoms. The number of rotatable bonds is 4. The minimum absolute atomic E-state index is 0.507. The van der Waals surface area contributed by atoms with Crippen LogP contribution < -0.4 is 20.9 Å². The second-order valence-corrected chi connectivity index (χ2v) is 10.4. The second-order valence-electron chi connectivity index (χ2n) is 10.4. The van der Waals surface area contributed by atoms with Crippen molar-refractivity contribution < 1.29 is 9.47 Å². The SMILES string of the molecule is COC1=CC(=c2cc3c(n4cnnc24)=NC(Nc2ccc(N4CCN5CCC[C@@H]5C4)cc2)=NC3)CC(OC)=C1. The Morgan fingerprint density at radius 2 is 1.92 bits per heavy atom. The molecule has 3 aromatic rings. The molecule has 0 amide bonds. The van der Waals surface area contributed by atoms with Gasteiger partial charge in [-0.05, 0) is 61.4 Å². The molecule has 1 aliphatic carbocycles. The summed E-state index contributed by atoms with van der Waals surface area (Å²) in [4.78, 5) is 14.7. The Morgan fingerprint density at radius 3 is 2.77 bits per heavy atom. The first-order valence-electron chi connectivity index (χ1n) is 13.5. The van der Waals surface area contributed by atoms with Gasteiger partial charge in [0.15, 0.2) is 5.65 Å². The summed E-state index contributed by atoms with van der Waals surface area (Å²) in [6, 6.07) is 11.4. The number of aliphatic imine (C=N–C) groups is 1. The lowest BCUT2D eigenvalue weighted by Crippen LogP contribution is -2.50. The van der Waals surface area contributed by atoms with Gasteiger partial charge in [0.1, 0.15) is 23.3 Å². The summed E-state index contributed by atoms with van der Waals surface area (Å²) in [6.45, 7) is 5.13. The summed E-state index contributed by atoms with van der Waals surface area (Å²) in [7, 11) is 3.33. The second kappa shape index (κ2) is 9.85. The summed E-state index contributed by atoms with van der Waals surface area (Å²) < 4.78 is 13.0. The van der Waals surface area contributed by atoms with Gasteiger partial charge in [0.05, 0.1) is 20.8 Å². The lowest BCUT2D eigenvalue weighted by Gasteiger charge is -2.38. The minimum Gasteiger partial charge on any atom is -0.501 e. The first-order valence-corrected chi connectivity index (χ1v) is 13.5. The molecule has 10 heteroatoms. The van der Waals surface area contributed by atoms with E-state index in [4.69, 9.17) is 19.5 Å². The Labute approximate surface area is 226 Å². The molecule has 39 heavy (non-hydrogen) atoms. The molecule has 200 valence electrons. The number of allylic oxidation sites excluding steroid dienone is 3. The van der Waals surface area contributed by atoms with E-state index in [1.807, 2.05) is 16.6 Å². The Bertz CT molecular complexity index is 1640. The molecule has 1 atom stereocenters. The topological polar surface area (TPSA) is 91.9 Å². The molecular weight excluding hydrogens is 492 g/mol. The van der Waals surface area contributed by atoms with Crippen LogP contribution in [-0.4, -0.2) is 71.9 Å². The fourth-order valence-electron chi connectivity index (χ4n) is 6.07. The number of fused-ring (bicyclic) bond motifs is 4. The van der Waals surface area contributed by atoms with Crippen molar-refractivity contribution >= 4 is 28.6 Å². The lowest BCUT2D eigenvalue weighted by molar-refractivity contribution is 0.231. The number of nitrogens with zero attached hydrogens (tertiary/aromatic N) is 7. The first-order chi connectivity index (χ1) is 19.2. The molecule has 0 saturated carbocycles. The Morgan fingerprint density at radius 1 is 1.03 bits per heavy atom. The van der Waals surface area contributed by atoms with E-state index in [2.05, 4.69) is 55.6 Å². The van der Waals surface area contributed by atoms with Gasteiger partial charge in [0.25, 0.3) is 0 Å². The van der Waals surface area contributed by atoms with Crippen molar-refractivity contribution in [3.05, 3.63) is 76.6 Å². The van der Waals surface area contributed by atoms with Crippen molar-refractivity contribution in [2.24, 2.45) is 9.98 Å². The van der Waals surface area contributed by atoms with Crippen LogP contribution >= 0.6 is 0 Å². The molecule has 7 rings (SSSR count). The maximum atomic E-state index is 5.53. The van der Waals surface area contributed by atoms with Gasteiger partial charge in [-0.25, -0.2) is 4.99 Å². The van der Waals surface area contributed by atoms with Gasteiger partial charge in [-0.3, -0.25) is 9.30 Å². The Balaban J connectivity index is 1.16. The van der Waals surface area contributed by atoms with Crippen LogP contribution in [0, 0.1) is 0 Å². The van der Waals surface area contributed by atoms with Crippen LogP contribution in [0.15, 0.2) is 70.3 Å². The normalized spacial score (nSPS) is 22.4. The van der Waals surface area contributed by atoms with Crippen LogP contribution in [0.1, 0.15) is 24.8 Å². The van der Waals surface area contributed by atoms with E-state index in [9.17, 15) is 0 Å². The van der Waals surface area contributed by atoms with Gasteiger partial charge >= 0.3 is 0 Å². The van der Waals surface area contributed by atoms with Crippen molar-refractivity contribution in [3.63, 3.8) is 0 Å². The minimum atomic E-state index is 0.507. The maximum absolute atomic E-state index is 5.53. The monoisotopic (exact) mass is 524 g/mol. The number of pyridine rings is 1. The molecule has 10 nitrogen and oxygen atoms in total. The van der Waals surface area contributed by atoms with Gasteiger partial charge in [-0.15, -0.1) is 10.2 Å². The number of hydrogen-bond acceptors (Lipinski definition) is 9. The summed E-state index contributed by atoms with van der Waals surface area (Å²) in [5, 5.41) is 13.0. The smallest absolute Gasteiger partial charge is 0.224 e. The van der Waals surface area contributed by atoms with Crippen molar-refractivity contribution in [3.8, 4) is 0 Å². The number of methoxy groups -OCH3 is 2. The number of guanidine groups is 1. The van der Waals surface area contributed by atoms with Crippen LogP contribution in [0.5, 0.6) is 0 Å². The van der Waals surface area contributed by atoms with Crippen LogP contribution in [0.2, 0.25) is 0 Å². The van der Waals surface area contributed by atoms with Crippen molar-refractivity contribution in [1.29, 1.82) is 0 Å². The van der Waals surface area contributed by atoms with E-state index in [-0.39, 0.29) is 0 Å². The highest BCUT2D eigenvalue weighted by Gasteiger charge is 2.30. The van der Waals surface area contributed by atoms with Gasteiger partial charge in [-0.2, -0.15) is 4.99 Å². The Hall–Kier alpha value is -4.18. The van der Waals surface area contributed by atoms with Crippen LogP contribution in [0.4, 0.5) is 11.4 Å². The zero-order valence-corrected chi connectivity index (χ0v) is 22.3. The third-order valence-electron chi connectivity index (χ3n) is 8.14. The molecule has 0 unspecified atom stereocenters. The summed E-state index contributed by atoms with van der Waals surface area (Å²) in [5.74, 6) is 2.15. The first kappa shape index (κ1) is 23.9. The van der Waals surface area contributed by atoms with E-state index in [0.717, 1.165) is 64.3 Å². The fraction of sp³-hybridized carbons (Fsp3) is 0.379. The summed E-state index contributed by atoms with van der Waals surface area (Å²) in [5.41, 5.74) is 5.83. The van der Waals surface area contributed by atoms with Gasteiger partial charge < -0.3 is 19.7 Å². The van der Waals surface area contributed by atoms with E-state index in [1.54, 1.807) is 20.5 Å². The zero-order chi connectivity index (χ0) is 26.3.